The standard InChI is InChI=1S/C30H31ClN2O6S/c1-4-32(30(36)38-19-21-8-6-5-7-9-21)16-17-33-25-15-12-23(31)18-26(25)40-28(27(29(33)35)39-20(2)34)22-10-13-24(37-3)14-11-22/h5-15,18,27-28H,4,16-17,19H2,1-3H3/t27-,28+/m1/s1. The molecular formula is C30H31ClN2O6S. The van der Waals surface area contributed by atoms with Gasteiger partial charge in [0, 0.05) is 36.5 Å². The third-order valence-corrected chi connectivity index (χ3v) is 8.02. The van der Waals surface area contributed by atoms with E-state index in [9.17, 15) is 14.4 Å². The molecule has 8 nitrogen and oxygen atoms in total. The lowest BCUT2D eigenvalue weighted by Gasteiger charge is -2.29. The first-order valence-electron chi connectivity index (χ1n) is 12.8. The normalized spacial score (nSPS) is 16.5. The van der Waals surface area contributed by atoms with E-state index in [1.165, 1.54) is 23.6 Å². The van der Waals surface area contributed by atoms with Gasteiger partial charge in [-0.05, 0) is 48.4 Å². The molecule has 0 aromatic heterocycles. The largest absolute Gasteiger partial charge is 0.497 e. The second-order valence-corrected chi connectivity index (χ2v) is 10.7. The van der Waals surface area contributed by atoms with Crippen molar-refractivity contribution in [3.8, 4) is 5.75 Å². The summed E-state index contributed by atoms with van der Waals surface area (Å²) < 4.78 is 16.4. The Kier molecular flexibility index (Phi) is 9.95. The van der Waals surface area contributed by atoms with Crippen molar-refractivity contribution >= 4 is 47.0 Å². The first-order valence-corrected chi connectivity index (χ1v) is 14.1. The Bertz CT molecular complexity index is 1340. The summed E-state index contributed by atoms with van der Waals surface area (Å²) in [5, 5.41) is -0.0274. The Labute approximate surface area is 243 Å². The van der Waals surface area contributed by atoms with Crippen LogP contribution in [0.25, 0.3) is 0 Å². The number of hydrogen-bond donors (Lipinski definition) is 0. The number of carbonyl (C=O) groups is 3. The lowest BCUT2D eigenvalue weighted by molar-refractivity contribution is -0.152. The van der Waals surface area contributed by atoms with Gasteiger partial charge in [0.25, 0.3) is 5.91 Å². The van der Waals surface area contributed by atoms with Gasteiger partial charge >= 0.3 is 12.1 Å². The number of methoxy groups -OCH3 is 1. The lowest BCUT2D eigenvalue weighted by Crippen LogP contribution is -2.46. The fraction of sp³-hybridized carbons (Fsp3) is 0.300. The molecule has 2 amide bonds. The minimum Gasteiger partial charge on any atom is -0.497 e. The summed E-state index contributed by atoms with van der Waals surface area (Å²) in [4.78, 5) is 42.9. The SMILES string of the molecule is CCN(CCN1C(=O)[C@H](OC(C)=O)[C@H](c2ccc(OC)cc2)Sc2cc(Cl)ccc21)C(=O)OCc1ccccc1. The van der Waals surface area contributed by atoms with Crippen LogP contribution in [0.1, 0.15) is 30.2 Å². The summed E-state index contributed by atoms with van der Waals surface area (Å²) in [6.07, 6.45) is -1.59. The Morgan fingerprint density at radius 1 is 1.05 bits per heavy atom. The molecule has 3 aromatic rings. The first kappa shape index (κ1) is 29.3. The molecule has 0 unspecified atom stereocenters. The summed E-state index contributed by atoms with van der Waals surface area (Å²) in [6, 6.07) is 22.0. The number of esters is 1. The second-order valence-electron chi connectivity index (χ2n) is 9.06. The molecule has 1 heterocycles. The van der Waals surface area contributed by atoms with Gasteiger partial charge in [-0.25, -0.2) is 4.79 Å². The number of benzene rings is 3. The highest BCUT2D eigenvalue weighted by Gasteiger charge is 2.41. The van der Waals surface area contributed by atoms with Gasteiger partial charge in [0.05, 0.1) is 18.0 Å². The van der Waals surface area contributed by atoms with Crippen LogP contribution in [0.3, 0.4) is 0 Å². The summed E-state index contributed by atoms with van der Waals surface area (Å²) >= 11 is 7.75. The van der Waals surface area contributed by atoms with Gasteiger partial charge in [0.1, 0.15) is 12.4 Å². The van der Waals surface area contributed by atoms with Crippen molar-refractivity contribution in [3.63, 3.8) is 0 Å². The number of ether oxygens (including phenoxy) is 3. The number of fused-ring (bicyclic) bond motifs is 1. The average Bonchev–Trinajstić information content (AvgIpc) is 3.06. The van der Waals surface area contributed by atoms with Gasteiger partial charge in [-0.3, -0.25) is 9.59 Å². The van der Waals surface area contributed by atoms with Crippen LogP contribution in [0.2, 0.25) is 5.02 Å². The Balaban J connectivity index is 1.60. The molecule has 0 radical (unpaired) electrons. The molecule has 210 valence electrons. The van der Waals surface area contributed by atoms with Crippen molar-refractivity contribution in [2.45, 2.75) is 36.7 Å². The smallest absolute Gasteiger partial charge is 0.410 e. The van der Waals surface area contributed by atoms with E-state index in [0.717, 1.165) is 16.0 Å². The molecule has 4 rings (SSSR count). The second kappa shape index (κ2) is 13.6. The molecule has 1 aliphatic heterocycles. The van der Waals surface area contributed by atoms with Crippen LogP contribution in [-0.4, -0.2) is 55.7 Å². The van der Waals surface area contributed by atoms with Crippen LogP contribution < -0.4 is 9.64 Å². The van der Waals surface area contributed by atoms with Crippen molar-refractivity contribution in [3.05, 3.63) is 88.9 Å². The van der Waals surface area contributed by atoms with Crippen molar-refractivity contribution in [2.24, 2.45) is 0 Å². The first-order chi connectivity index (χ1) is 19.3. The quantitative estimate of drug-likeness (QED) is 0.281. The van der Waals surface area contributed by atoms with Gasteiger partial charge in [0.15, 0.2) is 6.10 Å². The number of anilines is 1. The minimum atomic E-state index is -1.11. The number of thioether (sulfide) groups is 1. The average molecular weight is 583 g/mol. The van der Waals surface area contributed by atoms with Crippen LogP contribution in [0.5, 0.6) is 5.75 Å². The van der Waals surface area contributed by atoms with E-state index in [1.54, 1.807) is 42.3 Å². The Morgan fingerprint density at radius 3 is 2.42 bits per heavy atom. The zero-order chi connectivity index (χ0) is 28.6. The van der Waals surface area contributed by atoms with Crippen LogP contribution in [0, 0.1) is 0 Å². The topological polar surface area (TPSA) is 85.4 Å². The number of nitrogens with zero attached hydrogens (tertiary/aromatic N) is 2. The van der Waals surface area contributed by atoms with Crippen molar-refractivity contribution in [2.75, 3.05) is 31.6 Å². The lowest BCUT2D eigenvalue weighted by atomic mass is 10.1. The number of carbonyl (C=O) groups excluding carboxylic acids is 3. The van der Waals surface area contributed by atoms with E-state index < -0.39 is 29.3 Å². The molecule has 0 spiro atoms. The molecule has 10 heteroatoms. The molecule has 0 bridgehead atoms. The summed E-state index contributed by atoms with van der Waals surface area (Å²) in [5.41, 5.74) is 2.30. The van der Waals surface area contributed by atoms with Crippen molar-refractivity contribution in [1.29, 1.82) is 0 Å². The maximum Gasteiger partial charge on any atom is 0.410 e. The number of rotatable bonds is 9. The molecule has 1 aliphatic rings. The maximum absolute atomic E-state index is 14.1. The molecule has 40 heavy (non-hydrogen) atoms. The molecule has 0 N–H and O–H groups in total. The van der Waals surface area contributed by atoms with Crippen LogP contribution >= 0.6 is 23.4 Å². The fourth-order valence-electron chi connectivity index (χ4n) is 4.37. The van der Waals surface area contributed by atoms with E-state index in [-0.39, 0.29) is 19.7 Å². The third-order valence-electron chi connectivity index (χ3n) is 6.43. The van der Waals surface area contributed by atoms with Gasteiger partial charge in [0.2, 0.25) is 0 Å². The minimum absolute atomic E-state index is 0.148. The van der Waals surface area contributed by atoms with E-state index >= 15 is 0 Å². The molecule has 0 saturated carbocycles. The molecule has 3 aromatic carbocycles. The number of hydrogen-bond acceptors (Lipinski definition) is 7. The zero-order valence-electron chi connectivity index (χ0n) is 22.5. The van der Waals surface area contributed by atoms with Gasteiger partial charge < -0.3 is 24.0 Å². The maximum atomic E-state index is 14.1. The van der Waals surface area contributed by atoms with E-state index in [0.29, 0.717) is 23.0 Å². The Morgan fingerprint density at radius 2 is 1.77 bits per heavy atom. The molecule has 0 aliphatic carbocycles. The highest BCUT2D eigenvalue weighted by molar-refractivity contribution is 7.99. The predicted octanol–water partition coefficient (Wildman–Crippen LogP) is 6.12. The highest BCUT2D eigenvalue weighted by atomic mass is 35.5. The zero-order valence-corrected chi connectivity index (χ0v) is 24.1. The number of amides is 2. The van der Waals surface area contributed by atoms with Crippen molar-refractivity contribution in [1.82, 2.24) is 4.90 Å². The fourth-order valence-corrected chi connectivity index (χ4v) is 5.97. The van der Waals surface area contributed by atoms with Crippen LogP contribution in [-0.2, 0) is 25.7 Å². The summed E-state index contributed by atoms with van der Waals surface area (Å²) in [7, 11) is 1.58. The Hall–Kier alpha value is -3.69. The van der Waals surface area contributed by atoms with Gasteiger partial charge in [-0.1, -0.05) is 54.1 Å². The number of halogens is 1. The molecular weight excluding hydrogens is 552 g/mol. The summed E-state index contributed by atoms with van der Waals surface area (Å²) in [5.74, 6) is -0.291. The predicted molar refractivity (Wildman–Crippen MR) is 155 cm³/mol. The van der Waals surface area contributed by atoms with Gasteiger partial charge in [-0.2, -0.15) is 0 Å². The molecule has 2 atom stereocenters. The number of likely N-dealkylation sites (N-methyl/N-ethyl adjacent to an activating group) is 1. The highest BCUT2D eigenvalue weighted by Crippen LogP contribution is 2.47. The van der Waals surface area contributed by atoms with E-state index in [2.05, 4.69) is 0 Å². The molecule has 0 saturated heterocycles. The third kappa shape index (κ3) is 7.08. The monoisotopic (exact) mass is 582 g/mol. The van der Waals surface area contributed by atoms with Crippen LogP contribution in [0.4, 0.5) is 10.5 Å². The van der Waals surface area contributed by atoms with Crippen LogP contribution in [0.15, 0.2) is 77.7 Å². The van der Waals surface area contributed by atoms with E-state index in [4.69, 9.17) is 25.8 Å². The summed E-state index contributed by atoms with van der Waals surface area (Å²) in [6.45, 7) is 4.04. The molecule has 0 fully saturated rings. The van der Waals surface area contributed by atoms with E-state index in [1.807, 2.05) is 49.4 Å². The van der Waals surface area contributed by atoms with Gasteiger partial charge in [-0.15, -0.1) is 11.8 Å². The van der Waals surface area contributed by atoms with Crippen molar-refractivity contribution < 1.29 is 28.6 Å².